The Bertz CT molecular complexity index is 973. The number of rotatable bonds is 7. The Balaban J connectivity index is 1.68. The summed E-state index contributed by atoms with van der Waals surface area (Å²) in [7, 11) is 0. The maximum atomic E-state index is 12.8. The molecule has 8 nitrogen and oxygen atoms in total. The van der Waals surface area contributed by atoms with E-state index in [1.165, 1.54) is 17.9 Å². The lowest BCUT2D eigenvalue weighted by molar-refractivity contribution is -0.156. The Kier molecular flexibility index (Phi) is 6.33. The van der Waals surface area contributed by atoms with Gasteiger partial charge in [0.2, 0.25) is 0 Å². The summed E-state index contributed by atoms with van der Waals surface area (Å²) in [4.78, 5) is 25.3. The van der Waals surface area contributed by atoms with Gasteiger partial charge in [0, 0.05) is 12.1 Å². The highest BCUT2D eigenvalue weighted by molar-refractivity contribution is 5.95. The van der Waals surface area contributed by atoms with Crippen LogP contribution in [-0.2, 0) is 20.7 Å². The van der Waals surface area contributed by atoms with Crippen molar-refractivity contribution in [2.45, 2.75) is 39.3 Å². The zero-order chi connectivity index (χ0) is 20.8. The van der Waals surface area contributed by atoms with Crippen molar-refractivity contribution < 1.29 is 14.3 Å². The fourth-order valence-corrected chi connectivity index (χ4v) is 2.93. The Morgan fingerprint density at radius 1 is 1.14 bits per heavy atom. The van der Waals surface area contributed by atoms with Gasteiger partial charge in [0.05, 0.1) is 0 Å². The molecule has 2 atom stereocenters. The third kappa shape index (κ3) is 5.25. The summed E-state index contributed by atoms with van der Waals surface area (Å²) in [5.41, 5.74) is 3.65. The molecule has 0 unspecified atom stereocenters. The molecule has 0 saturated carbocycles. The van der Waals surface area contributed by atoms with E-state index in [2.05, 4.69) is 20.8 Å². The number of carbonyl (C=O) groups excluding carboxylic acids is 2. The van der Waals surface area contributed by atoms with E-state index in [1.54, 1.807) is 0 Å². The van der Waals surface area contributed by atoms with E-state index in [4.69, 9.17) is 4.74 Å². The summed E-state index contributed by atoms with van der Waals surface area (Å²) in [6.45, 7) is 5.43. The molecule has 0 bridgehead atoms. The predicted octanol–water partition coefficient (Wildman–Crippen LogP) is 2.64. The van der Waals surface area contributed by atoms with Crippen molar-refractivity contribution in [1.82, 2.24) is 20.2 Å². The fraction of sp³-hybridized carbons (Fsp3) is 0.286. The van der Waals surface area contributed by atoms with Gasteiger partial charge >= 0.3 is 5.97 Å². The first kappa shape index (κ1) is 20.2. The van der Waals surface area contributed by atoms with Crippen LogP contribution in [0, 0.1) is 13.8 Å². The Morgan fingerprint density at radius 2 is 1.90 bits per heavy atom. The predicted molar refractivity (Wildman–Crippen MR) is 107 cm³/mol. The topological polar surface area (TPSA) is 99.0 Å². The Hall–Kier alpha value is -3.55. The maximum Gasteiger partial charge on any atom is 0.332 e. The lowest BCUT2D eigenvalue weighted by atomic mass is 10.1. The summed E-state index contributed by atoms with van der Waals surface area (Å²) in [5, 5.41) is 13.8. The number of benzene rings is 2. The number of aryl methyl sites for hydroxylation is 2. The van der Waals surface area contributed by atoms with Gasteiger partial charge in [-0.1, -0.05) is 48.0 Å². The molecule has 0 spiro atoms. The number of carbonyl (C=O) groups is 2. The number of amides is 1. The van der Waals surface area contributed by atoms with Crippen LogP contribution in [0.5, 0.6) is 0 Å². The molecule has 1 amide bonds. The van der Waals surface area contributed by atoms with E-state index in [9.17, 15) is 9.59 Å². The summed E-state index contributed by atoms with van der Waals surface area (Å²) in [6, 6.07) is 14.4. The molecular formula is C21H23N5O3. The van der Waals surface area contributed by atoms with Crippen LogP contribution in [0.25, 0.3) is 0 Å². The minimum absolute atomic E-state index is 0.343. The maximum absolute atomic E-state index is 12.8. The van der Waals surface area contributed by atoms with Crippen LogP contribution in [0.2, 0.25) is 0 Å². The van der Waals surface area contributed by atoms with Crippen molar-refractivity contribution in [3.8, 4) is 0 Å². The van der Waals surface area contributed by atoms with E-state index >= 15 is 0 Å². The van der Waals surface area contributed by atoms with Crippen LogP contribution in [0.4, 0.5) is 5.69 Å². The average molecular weight is 393 g/mol. The largest absolute Gasteiger partial charge is 0.451 e. The van der Waals surface area contributed by atoms with Gasteiger partial charge in [-0.15, -0.1) is 5.10 Å². The number of hydrogen-bond donors (Lipinski definition) is 1. The third-order valence-corrected chi connectivity index (χ3v) is 4.53. The van der Waals surface area contributed by atoms with Gasteiger partial charge in [0.25, 0.3) is 5.91 Å². The second kappa shape index (κ2) is 9.09. The van der Waals surface area contributed by atoms with Crippen molar-refractivity contribution in [2.24, 2.45) is 0 Å². The molecule has 0 saturated heterocycles. The number of esters is 1. The second-order valence-electron chi connectivity index (χ2n) is 6.88. The van der Waals surface area contributed by atoms with Gasteiger partial charge in [-0.2, -0.15) is 0 Å². The number of nitrogens with one attached hydrogen (secondary N) is 1. The van der Waals surface area contributed by atoms with Gasteiger partial charge < -0.3 is 10.1 Å². The molecule has 0 aliphatic heterocycles. The molecule has 0 aliphatic rings. The van der Waals surface area contributed by atoms with Crippen LogP contribution in [0.3, 0.4) is 0 Å². The molecule has 1 N–H and O–H groups in total. The van der Waals surface area contributed by atoms with Crippen LogP contribution in [0.1, 0.15) is 29.7 Å². The fourth-order valence-electron chi connectivity index (χ4n) is 2.93. The number of ether oxygens (including phenoxy) is 1. The molecule has 3 aromatic rings. The van der Waals surface area contributed by atoms with Crippen molar-refractivity contribution in [3.05, 3.63) is 71.5 Å². The van der Waals surface area contributed by atoms with Gasteiger partial charge in [0.1, 0.15) is 6.33 Å². The van der Waals surface area contributed by atoms with E-state index in [0.29, 0.717) is 12.1 Å². The minimum atomic E-state index is -0.974. The van der Waals surface area contributed by atoms with Gasteiger partial charge in [-0.3, -0.25) is 4.79 Å². The monoisotopic (exact) mass is 393 g/mol. The van der Waals surface area contributed by atoms with Crippen LogP contribution >= 0.6 is 0 Å². The molecule has 2 aromatic carbocycles. The Labute approximate surface area is 168 Å². The van der Waals surface area contributed by atoms with Crippen molar-refractivity contribution >= 4 is 17.6 Å². The first-order valence-electron chi connectivity index (χ1n) is 9.29. The zero-order valence-corrected chi connectivity index (χ0v) is 16.6. The highest BCUT2D eigenvalue weighted by Crippen LogP contribution is 2.18. The summed E-state index contributed by atoms with van der Waals surface area (Å²) >= 11 is 0. The van der Waals surface area contributed by atoms with Gasteiger partial charge in [-0.05, 0) is 48.4 Å². The first-order chi connectivity index (χ1) is 13.9. The molecular weight excluding hydrogens is 370 g/mol. The third-order valence-electron chi connectivity index (χ3n) is 4.53. The number of tetrazole rings is 1. The van der Waals surface area contributed by atoms with Crippen molar-refractivity contribution in [2.75, 3.05) is 5.32 Å². The lowest BCUT2D eigenvalue weighted by Gasteiger charge is -2.19. The van der Waals surface area contributed by atoms with Crippen molar-refractivity contribution in [1.29, 1.82) is 0 Å². The highest BCUT2D eigenvalue weighted by atomic mass is 16.5. The number of nitrogens with zero attached hydrogens (tertiary/aromatic N) is 4. The summed E-state index contributed by atoms with van der Waals surface area (Å²) in [5.74, 6) is -0.982. The summed E-state index contributed by atoms with van der Waals surface area (Å²) in [6.07, 6.45) is 0.726. The van der Waals surface area contributed by atoms with Crippen LogP contribution in [-0.4, -0.2) is 38.2 Å². The number of hydrogen-bond acceptors (Lipinski definition) is 6. The molecule has 0 radical (unpaired) electrons. The normalized spacial score (nSPS) is 12.8. The molecule has 150 valence electrons. The summed E-state index contributed by atoms with van der Waals surface area (Å²) < 4.78 is 6.78. The molecule has 1 aromatic heterocycles. The molecule has 1 heterocycles. The lowest BCUT2D eigenvalue weighted by Crippen LogP contribution is -2.34. The smallest absolute Gasteiger partial charge is 0.332 e. The zero-order valence-electron chi connectivity index (χ0n) is 16.6. The minimum Gasteiger partial charge on any atom is -0.451 e. The second-order valence-corrected chi connectivity index (χ2v) is 6.88. The van der Waals surface area contributed by atoms with Gasteiger partial charge in [-0.25, -0.2) is 9.48 Å². The van der Waals surface area contributed by atoms with E-state index in [0.717, 1.165) is 16.7 Å². The van der Waals surface area contributed by atoms with E-state index in [1.807, 2.05) is 62.4 Å². The SMILES string of the molecule is Cc1ccc(NC(=O)[C@@H](C)OC(=O)[C@H](Cc2ccccc2)n2cnnn2)c(C)c1. The quantitative estimate of drug-likeness (QED) is 0.620. The Morgan fingerprint density at radius 3 is 2.55 bits per heavy atom. The first-order valence-corrected chi connectivity index (χ1v) is 9.29. The van der Waals surface area contributed by atoms with Crippen LogP contribution in [0.15, 0.2) is 54.9 Å². The van der Waals surface area contributed by atoms with Gasteiger partial charge in [0.15, 0.2) is 12.1 Å². The molecule has 29 heavy (non-hydrogen) atoms. The molecule has 0 fully saturated rings. The number of anilines is 1. The average Bonchev–Trinajstić information content (AvgIpc) is 3.23. The number of aromatic nitrogens is 4. The molecule has 8 heteroatoms. The van der Waals surface area contributed by atoms with E-state index < -0.39 is 24.0 Å². The van der Waals surface area contributed by atoms with Crippen molar-refractivity contribution in [3.63, 3.8) is 0 Å². The standard InChI is InChI=1S/C21H23N5O3/c1-14-9-10-18(15(2)11-14)23-20(27)16(3)29-21(28)19(26-13-22-24-25-26)12-17-7-5-4-6-8-17/h4-11,13,16,19H,12H2,1-3H3,(H,23,27)/t16-,19+/m1/s1. The highest BCUT2D eigenvalue weighted by Gasteiger charge is 2.28. The molecule has 3 rings (SSSR count). The molecule has 0 aliphatic carbocycles. The van der Waals surface area contributed by atoms with Crippen LogP contribution < -0.4 is 5.32 Å². The van der Waals surface area contributed by atoms with E-state index in [-0.39, 0.29) is 0 Å².